The molecular weight excluding hydrogens is 313 g/mol. The van der Waals surface area contributed by atoms with Gasteiger partial charge in [-0.15, -0.1) is 0 Å². The van der Waals surface area contributed by atoms with Gasteiger partial charge in [0, 0.05) is 12.8 Å². The molecule has 0 atom stereocenters. The van der Waals surface area contributed by atoms with Crippen LogP contribution in [0.1, 0.15) is 28.8 Å². The van der Waals surface area contributed by atoms with Crippen LogP contribution in [0.5, 0.6) is 0 Å². The molecule has 0 aromatic heterocycles. The summed E-state index contributed by atoms with van der Waals surface area (Å²) < 4.78 is 18.2. The van der Waals surface area contributed by atoms with Crippen molar-refractivity contribution in [2.45, 2.75) is 19.4 Å². The molecule has 0 spiro atoms. The highest BCUT2D eigenvalue weighted by Crippen LogP contribution is 2.23. The van der Waals surface area contributed by atoms with Gasteiger partial charge in [0.05, 0.1) is 11.3 Å². The lowest BCUT2D eigenvalue weighted by atomic mass is 10.2. The molecule has 1 aliphatic heterocycles. The molecule has 2 aromatic carbocycles. The van der Waals surface area contributed by atoms with Crippen LogP contribution >= 0.6 is 0 Å². The van der Waals surface area contributed by atoms with Gasteiger partial charge in [0.2, 0.25) is 11.8 Å². The molecule has 1 saturated heterocycles. The average Bonchev–Trinajstić information content (AvgIpc) is 2.92. The van der Waals surface area contributed by atoms with Crippen LogP contribution < -0.4 is 4.90 Å². The largest absolute Gasteiger partial charge is 0.457 e. The second kappa shape index (κ2) is 6.62. The minimum atomic E-state index is -0.565. The minimum absolute atomic E-state index is 0.0402. The number of nitrogens with zero attached hydrogens (tertiary/aromatic N) is 1. The molecule has 3 rings (SSSR count). The number of rotatable bonds is 4. The highest BCUT2D eigenvalue weighted by molar-refractivity contribution is 6.19. The molecule has 2 amide bonds. The van der Waals surface area contributed by atoms with Crippen LogP contribution in [0.15, 0.2) is 48.5 Å². The third-order valence-electron chi connectivity index (χ3n) is 3.67. The van der Waals surface area contributed by atoms with Crippen molar-refractivity contribution in [1.82, 2.24) is 0 Å². The summed E-state index contributed by atoms with van der Waals surface area (Å²) in [4.78, 5) is 36.5. The first-order valence-electron chi connectivity index (χ1n) is 7.42. The van der Waals surface area contributed by atoms with Gasteiger partial charge < -0.3 is 4.74 Å². The van der Waals surface area contributed by atoms with E-state index < -0.39 is 11.8 Å². The molecule has 5 nitrogen and oxygen atoms in total. The summed E-state index contributed by atoms with van der Waals surface area (Å²) in [5, 5.41) is 0. The van der Waals surface area contributed by atoms with Crippen molar-refractivity contribution >= 4 is 23.5 Å². The number of amides is 2. The quantitative estimate of drug-likeness (QED) is 0.640. The normalized spacial score (nSPS) is 14.1. The third-order valence-corrected chi connectivity index (χ3v) is 3.67. The molecule has 0 aliphatic carbocycles. The Morgan fingerprint density at radius 3 is 2.33 bits per heavy atom. The van der Waals surface area contributed by atoms with Gasteiger partial charge in [-0.2, -0.15) is 0 Å². The number of hydrogen-bond donors (Lipinski definition) is 0. The molecule has 1 aliphatic rings. The summed E-state index contributed by atoms with van der Waals surface area (Å²) in [6, 6.07) is 11.8. The van der Waals surface area contributed by atoms with E-state index >= 15 is 0 Å². The summed E-state index contributed by atoms with van der Waals surface area (Å²) in [6.45, 7) is -0.0402. The number of halogens is 1. The van der Waals surface area contributed by atoms with Crippen LogP contribution in [0, 0.1) is 5.82 Å². The van der Waals surface area contributed by atoms with Crippen LogP contribution in [0.2, 0.25) is 0 Å². The van der Waals surface area contributed by atoms with E-state index in [1.807, 2.05) is 0 Å². The Morgan fingerprint density at radius 2 is 1.71 bits per heavy atom. The Labute approximate surface area is 137 Å². The molecule has 0 unspecified atom stereocenters. The van der Waals surface area contributed by atoms with Crippen LogP contribution in [0.25, 0.3) is 0 Å². The number of ether oxygens (including phenoxy) is 1. The first-order valence-corrected chi connectivity index (χ1v) is 7.42. The number of carbonyl (C=O) groups is 3. The van der Waals surface area contributed by atoms with E-state index in [1.54, 1.807) is 6.07 Å². The second-order valence-electron chi connectivity index (χ2n) is 5.38. The summed E-state index contributed by atoms with van der Waals surface area (Å²) in [6.07, 6.45) is 0.409. The number of imide groups is 1. The molecule has 122 valence electrons. The van der Waals surface area contributed by atoms with Crippen molar-refractivity contribution in [3.05, 3.63) is 65.5 Å². The molecule has 24 heavy (non-hydrogen) atoms. The number of benzene rings is 2. The zero-order valence-electron chi connectivity index (χ0n) is 12.7. The van der Waals surface area contributed by atoms with E-state index in [4.69, 9.17) is 4.74 Å². The maximum atomic E-state index is 13.1. The van der Waals surface area contributed by atoms with Crippen molar-refractivity contribution in [3.63, 3.8) is 0 Å². The van der Waals surface area contributed by atoms with Crippen LogP contribution in [0.4, 0.5) is 10.1 Å². The second-order valence-corrected chi connectivity index (χ2v) is 5.38. The Morgan fingerprint density at radius 1 is 1.04 bits per heavy atom. The number of hydrogen-bond acceptors (Lipinski definition) is 4. The van der Waals surface area contributed by atoms with Crippen molar-refractivity contribution in [3.8, 4) is 0 Å². The number of esters is 1. The average molecular weight is 327 g/mol. The predicted octanol–water partition coefficient (Wildman–Crippen LogP) is 2.84. The molecule has 0 radical (unpaired) electrons. The fourth-order valence-electron chi connectivity index (χ4n) is 2.47. The lowest BCUT2D eigenvalue weighted by Crippen LogP contribution is -2.28. The maximum Gasteiger partial charge on any atom is 0.338 e. The van der Waals surface area contributed by atoms with E-state index in [0.29, 0.717) is 11.3 Å². The van der Waals surface area contributed by atoms with Crippen LogP contribution in [-0.4, -0.2) is 17.8 Å². The summed E-state index contributed by atoms with van der Waals surface area (Å²) in [7, 11) is 0. The molecule has 1 heterocycles. The molecular formula is C18H14FNO4. The Kier molecular flexibility index (Phi) is 4.37. The SMILES string of the molecule is O=C(OCc1cccc(F)c1)c1ccc(N2C(=O)CCC2=O)cc1. The van der Waals surface area contributed by atoms with Crippen molar-refractivity contribution in [2.24, 2.45) is 0 Å². The van der Waals surface area contributed by atoms with E-state index in [1.165, 1.54) is 42.5 Å². The van der Waals surface area contributed by atoms with Gasteiger partial charge in [0.15, 0.2) is 0 Å². The van der Waals surface area contributed by atoms with Crippen LogP contribution in [-0.2, 0) is 20.9 Å². The van der Waals surface area contributed by atoms with Gasteiger partial charge in [-0.3, -0.25) is 14.5 Å². The van der Waals surface area contributed by atoms with Gasteiger partial charge in [0.1, 0.15) is 12.4 Å². The van der Waals surface area contributed by atoms with Crippen molar-refractivity contribution in [1.29, 1.82) is 0 Å². The first-order chi connectivity index (χ1) is 11.5. The minimum Gasteiger partial charge on any atom is -0.457 e. The standard InChI is InChI=1S/C18H14FNO4/c19-14-3-1-2-12(10-14)11-24-18(23)13-4-6-15(7-5-13)20-16(21)8-9-17(20)22/h1-7,10H,8-9,11H2. The van der Waals surface area contributed by atoms with Crippen molar-refractivity contribution < 1.29 is 23.5 Å². The van der Waals surface area contributed by atoms with Gasteiger partial charge in [0.25, 0.3) is 0 Å². The highest BCUT2D eigenvalue weighted by Gasteiger charge is 2.30. The third kappa shape index (κ3) is 3.32. The van der Waals surface area contributed by atoms with Gasteiger partial charge >= 0.3 is 5.97 Å². The molecule has 1 fully saturated rings. The smallest absolute Gasteiger partial charge is 0.338 e. The fourth-order valence-corrected chi connectivity index (χ4v) is 2.47. The van der Waals surface area contributed by atoms with E-state index in [0.717, 1.165) is 4.90 Å². The van der Waals surface area contributed by atoms with E-state index in [2.05, 4.69) is 0 Å². The predicted molar refractivity (Wildman–Crippen MR) is 83.7 cm³/mol. The summed E-state index contributed by atoms with van der Waals surface area (Å²) >= 11 is 0. The Bertz CT molecular complexity index is 785. The van der Waals surface area contributed by atoms with Gasteiger partial charge in [-0.1, -0.05) is 12.1 Å². The van der Waals surface area contributed by atoms with E-state index in [9.17, 15) is 18.8 Å². The number of carbonyl (C=O) groups excluding carboxylic acids is 3. The summed E-state index contributed by atoms with van der Waals surface area (Å²) in [5.74, 6) is -1.46. The lowest BCUT2D eigenvalue weighted by Gasteiger charge is -2.14. The molecule has 0 saturated carbocycles. The molecule has 0 N–H and O–H groups in total. The zero-order valence-corrected chi connectivity index (χ0v) is 12.7. The van der Waals surface area contributed by atoms with Gasteiger partial charge in [-0.05, 0) is 42.0 Å². The topological polar surface area (TPSA) is 63.7 Å². The fraction of sp³-hybridized carbons (Fsp3) is 0.167. The maximum absolute atomic E-state index is 13.1. The molecule has 2 aromatic rings. The van der Waals surface area contributed by atoms with E-state index in [-0.39, 0.29) is 36.8 Å². The zero-order chi connectivity index (χ0) is 17.1. The number of anilines is 1. The van der Waals surface area contributed by atoms with Crippen molar-refractivity contribution in [2.75, 3.05) is 4.90 Å². The monoisotopic (exact) mass is 327 g/mol. The summed E-state index contributed by atoms with van der Waals surface area (Å²) in [5.41, 5.74) is 1.27. The molecule has 6 heteroatoms. The lowest BCUT2D eigenvalue weighted by molar-refractivity contribution is -0.121. The highest BCUT2D eigenvalue weighted by atomic mass is 19.1. The Balaban J connectivity index is 1.66. The van der Waals surface area contributed by atoms with Crippen LogP contribution in [0.3, 0.4) is 0 Å². The molecule has 0 bridgehead atoms. The van der Waals surface area contributed by atoms with Gasteiger partial charge in [-0.25, -0.2) is 9.18 Å². The Hall–Kier alpha value is -3.02. The first kappa shape index (κ1) is 15.9.